The zero-order chi connectivity index (χ0) is 22.4. The monoisotopic (exact) mass is 447 g/mol. The average Bonchev–Trinajstić information content (AvgIpc) is 3.58. The highest BCUT2D eigenvalue weighted by Gasteiger charge is 2.51. The summed E-state index contributed by atoms with van der Waals surface area (Å²) in [6.07, 6.45) is 0.211. The number of sulfone groups is 1. The quantitative estimate of drug-likeness (QED) is 0.582. The normalized spacial score (nSPS) is 16.7. The summed E-state index contributed by atoms with van der Waals surface area (Å²) in [5, 5.41) is 9.82. The number of hydrogen-bond donors (Lipinski definition) is 1. The Kier molecular flexibility index (Phi) is 5.18. The van der Waals surface area contributed by atoms with Crippen molar-refractivity contribution in [2.45, 2.75) is 47.3 Å². The molecule has 1 aliphatic rings. The third-order valence-electron chi connectivity index (χ3n) is 5.61. The van der Waals surface area contributed by atoms with Gasteiger partial charge in [0.1, 0.15) is 0 Å². The second-order valence-corrected chi connectivity index (χ2v) is 9.78. The van der Waals surface area contributed by atoms with Gasteiger partial charge in [0.2, 0.25) is 9.84 Å². The van der Waals surface area contributed by atoms with E-state index in [1.165, 1.54) is 0 Å². The number of pyridine rings is 1. The molecule has 3 aromatic rings. The van der Waals surface area contributed by atoms with Gasteiger partial charge in [0.15, 0.2) is 5.60 Å². The predicted octanol–water partition coefficient (Wildman–Crippen LogP) is 5.23. The first-order valence-corrected chi connectivity index (χ1v) is 11.2. The molecular formula is C23H20F3NO3S. The summed E-state index contributed by atoms with van der Waals surface area (Å²) < 4.78 is 65.8. The third-order valence-corrected chi connectivity index (χ3v) is 7.45. The fourth-order valence-corrected chi connectivity index (χ4v) is 5.01. The van der Waals surface area contributed by atoms with Crippen LogP contribution < -0.4 is 0 Å². The van der Waals surface area contributed by atoms with Crippen LogP contribution in [0.4, 0.5) is 13.2 Å². The topological polar surface area (TPSA) is 67.3 Å². The number of halogens is 3. The highest BCUT2D eigenvalue weighted by molar-refractivity contribution is 7.91. The van der Waals surface area contributed by atoms with Crippen molar-refractivity contribution in [2.75, 3.05) is 0 Å². The van der Waals surface area contributed by atoms with Gasteiger partial charge in [-0.15, -0.1) is 0 Å². The second kappa shape index (κ2) is 7.46. The molecule has 1 N–H and O–H groups in total. The van der Waals surface area contributed by atoms with E-state index in [1.807, 2.05) is 18.2 Å². The van der Waals surface area contributed by atoms with Crippen molar-refractivity contribution in [3.63, 3.8) is 0 Å². The van der Waals surface area contributed by atoms with E-state index in [0.717, 1.165) is 48.2 Å². The van der Waals surface area contributed by atoms with E-state index >= 15 is 0 Å². The van der Waals surface area contributed by atoms with Crippen LogP contribution in [0, 0.1) is 0 Å². The summed E-state index contributed by atoms with van der Waals surface area (Å²) >= 11 is 0. The molecule has 4 nitrogen and oxygen atoms in total. The number of nitrogens with zero attached hydrogens (tertiary/aromatic N) is 1. The maximum Gasteiger partial charge on any atom is 0.421 e. The van der Waals surface area contributed by atoms with Crippen molar-refractivity contribution in [3.05, 3.63) is 78.1 Å². The van der Waals surface area contributed by atoms with Gasteiger partial charge in [0, 0.05) is 12.4 Å². The molecular weight excluding hydrogens is 427 g/mol. The molecule has 1 aromatic heterocycles. The Morgan fingerprint density at radius 3 is 2.10 bits per heavy atom. The molecule has 0 aliphatic heterocycles. The lowest BCUT2D eigenvalue weighted by Crippen LogP contribution is -2.39. The van der Waals surface area contributed by atoms with Crippen molar-refractivity contribution in [1.29, 1.82) is 0 Å². The van der Waals surface area contributed by atoms with Crippen LogP contribution in [-0.2, 0) is 15.4 Å². The van der Waals surface area contributed by atoms with Crippen LogP contribution in [0.15, 0.2) is 76.8 Å². The largest absolute Gasteiger partial charge is 0.421 e. The van der Waals surface area contributed by atoms with Gasteiger partial charge in [-0.25, -0.2) is 8.42 Å². The van der Waals surface area contributed by atoms with E-state index in [1.54, 1.807) is 24.5 Å². The first-order valence-electron chi connectivity index (χ1n) is 9.71. The minimum Gasteiger partial charge on any atom is -0.376 e. The smallest absolute Gasteiger partial charge is 0.376 e. The van der Waals surface area contributed by atoms with Crippen molar-refractivity contribution < 1.29 is 26.7 Å². The van der Waals surface area contributed by atoms with Crippen LogP contribution in [0.2, 0.25) is 0 Å². The Labute approximate surface area is 178 Å². The van der Waals surface area contributed by atoms with Crippen LogP contribution in [0.25, 0.3) is 11.1 Å². The minimum atomic E-state index is -4.88. The molecule has 0 amide bonds. The minimum absolute atomic E-state index is 0.118. The van der Waals surface area contributed by atoms with Crippen LogP contribution in [0.5, 0.6) is 0 Å². The Morgan fingerprint density at radius 2 is 1.55 bits per heavy atom. The molecule has 31 heavy (non-hydrogen) atoms. The molecule has 0 bridgehead atoms. The van der Waals surface area contributed by atoms with Crippen molar-refractivity contribution in [2.24, 2.45) is 0 Å². The highest BCUT2D eigenvalue weighted by atomic mass is 32.2. The molecule has 0 radical (unpaired) electrons. The maximum atomic E-state index is 13.3. The zero-order valence-electron chi connectivity index (χ0n) is 16.6. The number of hydrogen-bond acceptors (Lipinski definition) is 4. The van der Waals surface area contributed by atoms with Gasteiger partial charge in [-0.3, -0.25) is 4.98 Å². The Bertz CT molecular complexity index is 1200. The fourth-order valence-electron chi connectivity index (χ4n) is 3.48. The van der Waals surface area contributed by atoms with Crippen molar-refractivity contribution in [1.82, 2.24) is 4.98 Å². The summed E-state index contributed by atoms with van der Waals surface area (Å²) in [6.45, 7) is 0.638. The third kappa shape index (κ3) is 3.97. The highest BCUT2D eigenvalue weighted by Crippen LogP contribution is 2.45. The molecule has 4 rings (SSSR count). The Morgan fingerprint density at radius 1 is 0.935 bits per heavy atom. The van der Waals surface area contributed by atoms with Gasteiger partial charge >= 0.3 is 6.18 Å². The molecule has 1 aliphatic carbocycles. The number of aromatic nitrogens is 1. The molecule has 1 unspecified atom stereocenters. The maximum absolute atomic E-state index is 13.3. The van der Waals surface area contributed by atoms with Gasteiger partial charge < -0.3 is 5.11 Å². The SMILES string of the molecule is CC(O)(c1ccc(S(=O)(=O)c2ccc(-c3ccncc3)cc2C2CC2)cc1)C(F)(F)F. The zero-order valence-corrected chi connectivity index (χ0v) is 17.4. The van der Waals surface area contributed by atoms with Gasteiger partial charge in [-0.05, 0) is 84.3 Å². The number of rotatable bonds is 5. The van der Waals surface area contributed by atoms with E-state index in [0.29, 0.717) is 12.5 Å². The molecule has 8 heteroatoms. The summed E-state index contributed by atoms with van der Waals surface area (Å²) in [6, 6.07) is 13.0. The molecule has 0 spiro atoms. The van der Waals surface area contributed by atoms with Crippen LogP contribution >= 0.6 is 0 Å². The van der Waals surface area contributed by atoms with E-state index in [4.69, 9.17) is 0 Å². The van der Waals surface area contributed by atoms with Crippen molar-refractivity contribution in [3.8, 4) is 11.1 Å². The van der Waals surface area contributed by atoms with E-state index in [9.17, 15) is 26.7 Å². The molecule has 1 saturated carbocycles. The first-order chi connectivity index (χ1) is 14.5. The Balaban J connectivity index is 1.74. The lowest BCUT2D eigenvalue weighted by Gasteiger charge is -2.26. The number of benzene rings is 2. The lowest BCUT2D eigenvalue weighted by molar-refractivity contribution is -0.258. The number of aliphatic hydroxyl groups is 1. The van der Waals surface area contributed by atoms with Gasteiger partial charge in [-0.2, -0.15) is 13.2 Å². The molecule has 162 valence electrons. The van der Waals surface area contributed by atoms with E-state index < -0.39 is 27.2 Å². The second-order valence-electron chi connectivity index (χ2n) is 7.86. The van der Waals surface area contributed by atoms with Gasteiger partial charge in [-0.1, -0.05) is 18.2 Å². The molecule has 1 atom stereocenters. The van der Waals surface area contributed by atoms with Crippen molar-refractivity contribution >= 4 is 9.84 Å². The molecule has 0 saturated heterocycles. The van der Waals surface area contributed by atoms with Crippen LogP contribution in [0.1, 0.15) is 36.8 Å². The Hall–Kier alpha value is -2.71. The first kappa shape index (κ1) is 21.5. The lowest BCUT2D eigenvalue weighted by atomic mass is 9.96. The number of alkyl halides is 3. The van der Waals surface area contributed by atoms with Gasteiger partial charge in [0.05, 0.1) is 9.79 Å². The summed E-state index contributed by atoms with van der Waals surface area (Å²) in [7, 11) is -3.95. The average molecular weight is 447 g/mol. The summed E-state index contributed by atoms with van der Waals surface area (Å²) in [4.78, 5) is 4.03. The van der Waals surface area contributed by atoms with Gasteiger partial charge in [0.25, 0.3) is 0 Å². The molecule has 2 aromatic carbocycles. The van der Waals surface area contributed by atoms with E-state index in [2.05, 4.69) is 4.98 Å². The van der Waals surface area contributed by atoms with E-state index in [-0.39, 0.29) is 15.7 Å². The van der Waals surface area contributed by atoms with Crippen LogP contribution in [0.3, 0.4) is 0 Å². The molecule has 1 fully saturated rings. The van der Waals surface area contributed by atoms with Crippen LogP contribution in [-0.4, -0.2) is 24.7 Å². The summed E-state index contributed by atoms with van der Waals surface area (Å²) in [5.41, 5.74) is -0.991. The predicted molar refractivity (Wildman–Crippen MR) is 109 cm³/mol. The fraction of sp³-hybridized carbons (Fsp3) is 0.261. The summed E-state index contributed by atoms with van der Waals surface area (Å²) in [5.74, 6) is 0.136. The standard InChI is InChI=1S/C23H20F3NO3S/c1-22(28,23(24,25)26)18-5-7-19(8-6-18)31(29,30)21-9-4-17(14-20(21)16-2-3-16)15-10-12-27-13-11-15/h4-14,16,28H,2-3H2,1H3. The molecule has 1 heterocycles.